The summed E-state index contributed by atoms with van der Waals surface area (Å²) in [6, 6.07) is 6.70. The van der Waals surface area contributed by atoms with Gasteiger partial charge < -0.3 is 16.4 Å². The van der Waals surface area contributed by atoms with Crippen LogP contribution in [-0.2, 0) is 11.3 Å². The van der Waals surface area contributed by atoms with Gasteiger partial charge in [-0.15, -0.1) is 0 Å². The zero-order chi connectivity index (χ0) is 17.7. The maximum atomic E-state index is 12.3. The van der Waals surface area contributed by atoms with E-state index in [0.29, 0.717) is 24.3 Å². The van der Waals surface area contributed by atoms with Gasteiger partial charge in [0.1, 0.15) is 6.54 Å². The second kappa shape index (κ2) is 7.89. The Kier molecular flexibility index (Phi) is 5.88. The first-order valence-electron chi connectivity index (χ1n) is 7.48. The molecule has 0 fully saturated rings. The number of thiazole rings is 1. The first-order chi connectivity index (χ1) is 11.4. The number of aryl methyl sites for hydroxylation is 1. The molecule has 0 aliphatic rings. The van der Waals surface area contributed by atoms with Crippen LogP contribution in [0, 0.1) is 13.8 Å². The quantitative estimate of drug-likeness (QED) is 0.719. The number of aromatic nitrogens is 1. The molecular formula is C16H20N4O3S. The van der Waals surface area contributed by atoms with Crippen molar-refractivity contribution in [1.82, 2.24) is 9.88 Å². The first-order valence-corrected chi connectivity index (χ1v) is 8.29. The highest BCUT2D eigenvalue weighted by molar-refractivity contribution is 7.09. The molecule has 24 heavy (non-hydrogen) atoms. The Balaban J connectivity index is 2.15. The van der Waals surface area contributed by atoms with Crippen molar-refractivity contribution in [2.45, 2.75) is 20.4 Å². The van der Waals surface area contributed by atoms with Crippen molar-refractivity contribution in [1.29, 1.82) is 0 Å². The number of carbonyl (C=O) groups is 2. The zero-order valence-corrected chi connectivity index (χ0v) is 14.4. The smallest absolute Gasteiger partial charge is 0.308 e. The molecule has 1 heterocycles. The minimum atomic E-state index is -0.364. The molecule has 1 aromatic carbocycles. The summed E-state index contributed by atoms with van der Waals surface area (Å²) in [5.74, 6) is -0.673. The van der Waals surface area contributed by atoms with E-state index in [4.69, 9.17) is 5.73 Å². The molecule has 0 unspecified atom stereocenters. The van der Waals surface area contributed by atoms with E-state index in [9.17, 15) is 14.4 Å². The Morgan fingerprint density at radius 2 is 1.96 bits per heavy atom. The number of hydrogen-bond donors (Lipinski definition) is 3. The normalized spacial score (nSPS) is 10.5. The monoisotopic (exact) mass is 348 g/mol. The molecule has 2 aromatic rings. The highest BCUT2D eigenvalue weighted by atomic mass is 32.1. The van der Waals surface area contributed by atoms with Crippen LogP contribution >= 0.6 is 11.3 Å². The Morgan fingerprint density at radius 1 is 1.25 bits per heavy atom. The molecule has 2 amide bonds. The van der Waals surface area contributed by atoms with Crippen molar-refractivity contribution in [3.05, 3.63) is 50.1 Å². The Morgan fingerprint density at radius 3 is 2.58 bits per heavy atom. The predicted octanol–water partition coefficient (Wildman–Crippen LogP) is 0.854. The predicted molar refractivity (Wildman–Crippen MR) is 94.5 cm³/mol. The van der Waals surface area contributed by atoms with Crippen molar-refractivity contribution in [3.8, 4) is 0 Å². The SMILES string of the molecule is Cc1sc(=O)n(CC(=O)Nc2ccccc2C(=O)NCCN)c1C. The molecule has 0 saturated carbocycles. The number of para-hydroxylation sites is 1. The standard InChI is InChI=1S/C16H20N4O3S/c1-10-11(2)24-16(23)20(10)9-14(21)19-13-6-4-3-5-12(13)15(22)18-8-7-17/h3-6H,7-9,17H2,1-2H3,(H,18,22)(H,19,21). The van der Waals surface area contributed by atoms with Crippen molar-refractivity contribution in [2.75, 3.05) is 18.4 Å². The van der Waals surface area contributed by atoms with E-state index >= 15 is 0 Å². The fourth-order valence-corrected chi connectivity index (χ4v) is 3.01. The molecule has 0 aliphatic carbocycles. The van der Waals surface area contributed by atoms with Crippen LogP contribution in [0.15, 0.2) is 29.1 Å². The average Bonchev–Trinajstić information content (AvgIpc) is 2.79. The van der Waals surface area contributed by atoms with E-state index in [1.165, 1.54) is 4.57 Å². The lowest BCUT2D eigenvalue weighted by Gasteiger charge is -2.11. The topological polar surface area (TPSA) is 106 Å². The molecule has 0 saturated heterocycles. The van der Waals surface area contributed by atoms with Crippen LogP contribution in [-0.4, -0.2) is 29.5 Å². The lowest BCUT2D eigenvalue weighted by molar-refractivity contribution is -0.116. The van der Waals surface area contributed by atoms with Crippen LogP contribution in [0.2, 0.25) is 0 Å². The van der Waals surface area contributed by atoms with Gasteiger partial charge in [-0.3, -0.25) is 19.0 Å². The number of anilines is 1. The molecule has 7 nitrogen and oxygen atoms in total. The third kappa shape index (κ3) is 4.09. The Labute approximate surface area is 143 Å². The fourth-order valence-electron chi connectivity index (χ4n) is 2.17. The average molecular weight is 348 g/mol. The zero-order valence-electron chi connectivity index (χ0n) is 13.6. The highest BCUT2D eigenvalue weighted by Crippen LogP contribution is 2.15. The van der Waals surface area contributed by atoms with E-state index in [1.54, 1.807) is 31.2 Å². The van der Waals surface area contributed by atoms with Crippen LogP contribution in [0.25, 0.3) is 0 Å². The lowest BCUT2D eigenvalue weighted by atomic mass is 10.1. The second-order valence-electron chi connectivity index (χ2n) is 5.23. The molecular weight excluding hydrogens is 328 g/mol. The van der Waals surface area contributed by atoms with Gasteiger partial charge in [-0.2, -0.15) is 0 Å². The van der Waals surface area contributed by atoms with Gasteiger partial charge in [0.25, 0.3) is 5.91 Å². The molecule has 0 aliphatic heterocycles. The number of hydrogen-bond acceptors (Lipinski definition) is 5. The van der Waals surface area contributed by atoms with Gasteiger partial charge in [0.15, 0.2) is 0 Å². The fraction of sp³-hybridized carbons (Fsp3) is 0.312. The lowest BCUT2D eigenvalue weighted by Crippen LogP contribution is -2.30. The van der Waals surface area contributed by atoms with Crippen molar-refractivity contribution < 1.29 is 9.59 Å². The van der Waals surface area contributed by atoms with E-state index in [-0.39, 0.29) is 23.2 Å². The summed E-state index contributed by atoms with van der Waals surface area (Å²) in [5.41, 5.74) is 6.90. The summed E-state index contributed by atoms with van der Waals surface area (Å²) in [6.45, 7) is 4.24. The van der Waals surface area contributed by atoms with E-state index in [2.05, 4.69) is 10.6 Å². The van der Waals surface area contributed by atoms with Gasteiger partial charge in [-0.25, -0.2) is 0 Å². The van der Waals surface area contributed by atoms with E-state index in [0.717, 1.165) is 21.9 Å². The third-order valence-electron chi connectivity index (χ3n) is 3.55. The molecule has 0 spiro atoms. The summed E-state index contributed by atoms with van der Waals surface area (Å²) in [4.78, 5) is 37.0. The molecule has 0 radical (unpaired) electrons. The molecule has 8 heteroatoms. The van der Waals surface area contributed by atoms with Gasteiger partial charge in [-0.05, 0) is 26.0 Å². The van der Waals surface area contributed by atoms with Gasteiger partial charge in [0.2, 0.25) is 5.91 Å². The minimum Gasteiger partial charge on any atom is -0.351 e. The number of carbonyl (C=O) groups excluding carboxylic acids is 2. The van der Waals surface area contributed by atoms with Crippen molar-refractivity contribution in [3.63, 3.8) is 0 Å². The number of rotatable bonds is 6. The van der Waals surface area contributed by atoms with Crippen LogP contribution in [0.3, 0.4) is 0 Å². The summed E-state index contributed by atoms with van der Waals surface area (Å²) in [5, 5.41) is 5.36. The van der Waals surface area contributed by atoms with Crippen LogP contribution < -0.4 is 21.2 Å². The number of nitrogens with one attached hydrogen (secondary N) is 2. The molecule has 128 valence electrons. The van der Waals surface area contributed by atoms with Crippen LogP contribution in [0.5, 0.6) is 0 Å². The van der Waals surface area contributed by atoms with Gasteiger partial charge in [0.05, 0.1) is 11.3 Å². The maximum absolute atomic E-state index is 12.3. The molecule has 1 aromatic heterocycles. The summed E-state index contributed by atoms with van der Waals surface area (Å²) in [7, 11) is 0. The van der Waals surface area contributed by atoms with Gasteiger partial charge in [-0.1, -0.05) is 23.5 Å². The number of benzene rings is 1. The third-order valence-corrected chi connectivity index (χ3v) is 4.55. The minimum absolute atomic E-state index is 0.0895. The van der Waals surface area contributed by atoms with Gasteiger partial charge >= 0.3 is 4.87 Å². The Hall–Kier alpha value is -2.45. The molecule has 0 bridgehead atoms. The second-order valence-corrected chi connectivity index (χ2v) is 6.40. The van der Waals surface area contributed by atoms with Crippen molar-refractivity contribution >= 4 is 28.8 Å². The molecule has 4 N–H and O–H groups in total. The maximum Gasteiger partial charge on any atom is 0.308 e. The number of nitrogens with zero attached hydrogens (tertiary/aromatic N) is 1. The molecule has 0 atom stereocenters. The van der Waals surface area contributed by atoms with E-state index in [1.807, 2.05) is 6.92 Å². The largest absolute Gasteiger partial charge is 0.351 e. The summed E-state index contributed by atoms with van der Waals surface area (Å²) >= 11 is 1.11. The Bertz CT molecular complexity index is 810. The number of nitrogens with two attached hydrogens (primary N) is 1. The van der Waals surface area contributed by atoms with Gasteiger partial charge in [0, 0.05) is 23.7 Å². The summed E-state index contributed by atoms with van der Waals surface area (Å²) < 4.78 is 1.42. The first kappa shape index (κ1) is 17.9. The van der Waals surface area contributed by atoms with Crippen molar-refractivity contribution in [2.24, 2.45) is 5.73 Å². The number of amides is 2. The summed E-state index contributed by atoms with van der Waals surface area (Å²) in [6.07, 6.45) is 0. The van der Waals surface area contributed by atoms with E-state index < -0.39 is 0 Å². The van der Waals surface area contributed by atoms with Crippen LogP contribution in [0.4, 0.5) is 5.69 Å². The van der Waals surface area contributed by atoms with Crippen LogP contribution in [0.1, 0.15) is 20.9 Å². The highest BCUT2D eigenvalue weighted by Gasteiger charge is 2.15. The molecule has 2 rings (SSSR count).